The number of carboxylic acids is 1. The predicted molar refractivity (Wildman–Crippen MR) is 51.6 cm³/mol. The Morgan fingerprint density at radius 3 is 2.79 bits per heavy atom. The van der Waals surface area contributed by atoms with Crippen molar-refractivity contribution in [1.29, 1.82) is 0 Å². The molecule has 2 rings (SSSR count). The lowest BCUT2D eigenvalue weighted by molar-refractivity contribution is 0.0699. The van der Waals surface area contributed by atoms with E-state index >= 15 is 0 Å². The fraction of sp³-hybridized carbons (Fsp3) is 0.200. The number of pyridine rings is 1. The fourth-order valence-electron chi connectivity index (χ4n) is 1.59. The van der Waals surface area contributed by atoms with Gasteiger partial charge < -0.3 is 5.11 Å². The molecule has 0 atom stereocenters. The number of hydrogen-bond donors (Lipinski definition) is 1. The summed E-state index contributed by atoms with van der Waals surface area (Å²) in [6, 6.07) is 3.79. The molecule has 0 spiro atoms. The first-order chi connectivity index (χ1) is 6.59. The van der Waals surface area contributed by atoms with Crippen molar-refractivity contribution in [2.24, 2.45) is 0 Å². The van der Waals surface area contributed by atoms with Crippen LogP contribution >= 0.6 is 0 Å². The maximum absolute atomic E-state index is 10.8. The molecule has 0 aliphatic heterocycles. The van der Waals surface area contributed by atoms with Crippen LogP contribution in [0.5, 0.6) is 0 Å². The molecular weight excluding hydrogens is 180 g/mol. The highest BCUT2D eigenvalue weighted by atomic mass is 16.4. The summed E-state index contributed by atoms with van der Waals surface area (Å²) >= 11 is 0. The van der Waals surface area contributed by atoms with Gasteiger partial charge in [-0.05, 0) is 31.5 Å². The predicted octanol–water partition coefficient (Wildman–Crippen LogP) is 1.65. The van der Waals surface area contributed by atoms with Crippen LogP contribution in [0.2, 0.25) is 0 Å². The number of aromatic nitrogens is 2. The van der Waals surface area contributed by atoms with Crippen molar-refractivity contribution in [3.8, 4) is 0 Å². The van der Waals surface area contributed by atoms with Crippen molar-refractivity contribution in [1.82, 2.24) is 9.61 Å². The maximum Gasteiger partial charge on any atom is 0.339 e. The number of carboxylic acid groups (broad SMARTS) is 1. The first-order valence-electron chi connectivity index (χ1n) is 4.28. The molecule has 0 fully saturated rings. The smallest absolute Gasteiger partial charge is 0.339 e. The molecule has 0 saturated carbocycles. The number of rotatable bonds is 1. The Hall–Kier alpha value is -1.84. The highest BCUT2D eigenvalue weighted by Crippen LogP contribution is 2.14. The van der Waals surface area contributed by atoms with Crippen molar-refractivity contribution < 1.29 is 9.90 Å². The van der Waals surface area contributed by atoms with E-state index in [1.54, 1.807) is 4.52 Å². The van der Waals surface area contributed by atoms with Gasteiger partial charge in [-0.15, -0.1) is 0 Å². The molecule has 14 heavy (non-hydrogen) atoms. The van der Waals surface area contributed by atoms with Crippen LogP contribution in [-0.2, 0) is 0 Å². The van der Waals surface area contributed by atoms with Crippen LogP contribution < -0.4 is 0 Å². The molecule has 0 aliphatic rings. The van der Waals surface area contributed by atoms with E-state index in [0.29, 0.717) is 5.52 Å². The van der Waals surface area contributed by atoms with E-state index in [1.807, 2.05) is 26.0 Å². The van der Waals surface area contributed by atoms with Gasteiger partial charge >= 0.3 is 5.97 Å². The first-order valence-corrected chi connectivity index (χ1v) is 4.28. The highest BCUT2D eigenvalue weighted by molar-refractivity contribution is 5.95. The Morgan fingerprint density at radius 1 is 1.43 bits per heavy atom. The Morgan fingerprint density at radius 2 is 2.14 bits per heavy atom. The van der Waals surface area contributed by atoms with E-state index in [-0.39, 0.29) is 5.56 Å². The van der Waals surface area contributed by atoms with Gasteiger partial charge in [-0.2, -0.15) is 5.10 Å². The summed E-state index contributed by atoms with van der Waals surface area (Å²) in [5.74, 6) is -0.940. The maximum atomic E-state index is 10.8. The number of nitrogens with zero attached hydrogens (tertiary/aromatic N) is 2. The lowest BCUT2D eigenvalue weighted by Crippen LogP contribution is -1.97. The molecule has 0 aliphatic carbocycles. The van der Waals surface area contributed by atoms with Gasteiger partial charge in [0.05, 0.1) is 11.7 Å². The van der Waals surface area contributed by atoms with E-state index in [1.165, 1.54) is 6.20 Å². The van der Waals surface area contributed by atoms with Gasteiger partial charge in [0.15, 0.2) is 0 Å². The second-order valence-electron chi connectivity index (χ2n) is 3.33. The Kier molecular flexibility index (Phi) is 1.77. The normalized spacial score (nSPS) is 10.7. The summed E-state index contributed by atoms with van der Waals surface area (Å²) in [7, 11) is 0. The summed E-state index contributed by atoms with van der Waals surface area (Å²) in [5, 5.41) is 12.9. The van der Waals surface area contributed by atoms with Crippen molar-refractivity contribution in [2.45, 2.75) is 13.8 Å². The van der Waals surface area contributed by atoms with Crippen molar-refractivity contribution in [3.63, 3.8) is 0 Å². The largest absolute Gasteiger partial charge is 0.478 e. The van der Waals surface area contributed by atoms with Crippen LogP contribution in [0.15, 0.2) is 18.3 Å². The highest BCUT2D eigenvalue weighted by Gasteiger charge is 2.11. The average Bonchev–Trinajstić information content (AvgIpc) is 2.47. The molecule has 2 heterocycles. The minimum atomic E-state index is -0.940. The summed E-state index contributed by atoms with van der Waals surface area (Å²) in [6.07, 6.45) is 1.38. The van der Waals surface area contributed by atoms with Crippen LogP contribution in [0, 0.1) is 13.8 Å². The van der Waals surface area contributed by atoms with Crippen molar-refractivity contribution in [2.75, 3.05) is 0 Å². The van der Waals surface area contributed by atoms with E-state index in [2.05, 4.69) is 5.10 Å². The molecule has 72 valence electrons. The number of aromatic carboxylic acids is 1. The van der Waals surface area contributed by atoms with E-state index in [0.717, 1.165) is 11.3 Å². The second-order valence-corrected chi connectivity index (χ2v) is 3.33. The minimum Gasteiger partial charge on any atom is -0.478 e. The van der Waals surface area contributed by atoms with E-state index in [9.17, 15) is 4.79 Å². The number of fused-ring (bicyclic) bond motifs is 1. The van der Waals surface area contributed by atoms with Gasteiger partial charge in [0.2, 0.25) is 0 Å². The van der Waals surface area contributed by atoms with Crippen LogP contribution in [0.3, 0.4) is 0 Å². The van der Waals surface area contributed by atoms with Crippen molar-refractivity contribution >= 4 is 11.5 Å². The zero-order valence-electron chi connectivity index (χ0n) is 7.98. The topological polar surface area (TPSA) is 54.6 Å². The SMILES string of the molecule is Cc1cc(C)n2ncc(C(=O)O)c2c1. The summed E-state index contributed by atoms with van der Waals surface area (Å²) in [6.45, 7) is 3.84. The molecule has 0 saturated heterocycles. The molecule has 0 aromatic carbocycles. The van der Waals surface area contributed by atoms with Crippen LogP contribution in [0.25, 0.3) is 5.52 Å². The second kappa shape index (κ2) is 2.83. The summed E-state index contributed by atoms with van der Waals surface area (Å²) < 4.78 is 1.64. The molecule has 0 unspecified atom stereocenters. The third kappa shape index (κ3) is 1.16. The van der Waals surface area contributed by atoms with Gasteiger partial charge in [0, 0.05) is 5.69 Å². The number of carbonyl (C=O) groups is 1. The Labute approximate surface area is 80.8 Å². The lowest BCUT2D eigenvalue weighted by Gasteiger charge is -2.01. The Bertz CT molecular complexity index is 514. The quantitative estimate of drug-likeness (QED) is 0.743. The van der Waals surface area contributed by atoms with E-state index < -0.39 is 5.97 Å². The zero-order valence-corrected chi connectivity index (χ0v) is 7.98. The zero-order chi connectivity index (χ0) is 10.3. The molecule has 0 radical (unpaired) electrons. The molecular formula is C10H10N2O2. The molecule has 2 aromatic heterocycles. The number of aryl methyl sites for hydroxylation is 2. The molecule has 4 heteroatoms. The van der Waals surface area contributed by atoms with Gasteiger partial charge in [0.25, 0.3) is 0 Å². The van der Waals surface area contributed by atoms with E-state index in [4.69, 9.17) is 5.11 Å². The molecule has 0 bridgehead atoms. The number of hydrogen-bond acceptors (Lipinski definition) is 2. The van der Waals surface area contributed by atoms with Gasteiger partial charge in [0.1, 0.15) is 5.56 Å². The molecule has 4 nitrogen and oxygen atoms in total. The van der Waals surface area contributed by atoms with Crippen molar-refractivity contribution in [3.05, 3.63) is 35.2 Å². The fourth-order valence-corrected chi connectivity index (χ4v) is 1.59. The summed E-state index contributed by atoms with van der Waals surface area (Å²) in [4.78, 5) is 10.8. The van der Waals surface area contributed by atoms with Gasteiger partial charge in [-0.3, -0.25) is 0 Å². The third-order valence-electron chi connectivity index (χ3n) is 2.17. The van der Waals surface area contributed by atoms with Crippen LogP contribution in [-0.4, -0.2) is 20.7 Å². The molecule has 1 N–H and O–H groups in total. The third-order valence-corrected chi connectivity index (χ3v) is 2.17. The lowest BCUT2D eigenvalue weighted by atomic mass is 10.2. The van der Waals surface area contributed by atoms with Gasteiger partial charge in [-0.25, -0.2) is 9.31 Å². The first kappa shape index (κ1) is 8.74. The molecule has 2 aromatic rings. The van der Waals surface area contributed by atoms with Gasteiger partial charge in [-0.1, -0.05) is 0 Å². The standard InChI is InChI=1S/C10H10N2O2/c1-6-3-7(2)12-9(4-6)8(5-11-12)10(13)14/h3-5H,1-2H3,(H,13,14). The minimum absolute atomic E-state index is 0.247. The van der Waals surface area contributed by atoms with Crippen LogP contribution in [0.4, 0.5) is 0 Å². The average molecular weight is 190 g/mol. The van der Waals surface area contributed by atoms with Crippen LogP contribution in [0.1, 0.15) is 21.6 Å². The molecule has 0 amide bonds. The summed E-state index contributed by atoms with van der Waals surface area (Å²) in [5.41, 5.74) is 2.87. The Balaban J connectivity index is 2.85. The monoisotopic (exact) mass is 190 g/mol.